The average molecular weight is 192 g/mol. The van der Waals surface area contributed by atoms with Crippen LogP contribution in [0.15, 0.2) is 24.3 Å². The third-order valence-electron chi connectivity index (χ3n) is 2.65. The summed E-state index contributed by atoms with van der Waals surface area (Å²) in [6.45, 7) is 3.01. The molecular weight excluding hydrogens is 176 g/mol. The van der Waals surface area contributed by atoms with Crippen molar-refractivity contribution in [3.05, 3.63) is 29.8 Å². The first-order valence-corrected chi connectivity index (χ1v) is 5.00. The van der Waals surface area contributed by atoms with Gasteiger partial charge in [0.15, 0.2) is 0 Å². The lowest BCUT2D eigenvalue weighted by Gasteiger charge is -2.14. The van der Waals surface area contributed by atoms with Crippen LogP contribution in [-0.2, 0) is 6.54 Å². The predicted octanol–water partition coefficient (Wildman–Crippen LogP) is 0.925. The maximum absolute atomic E-state index is 9.13. The minimum atomic E-state index is 0.326. The smallest absolute Gasteiger partial charge is 0.115 e. The Kier molecular flexibility index (Phi) is 2.70. The van der Waals surface area contributed by atoms with E-state index in [9.17, 15) is 0 Å². The van der Waals surface area contributed by atoms with E-state index in [0.29, 0.717) is 11.8 Å². The topological polar surface area (TPSA) is 49.5 Å². The van der Waals surface area contributed by atoms with Crippen molar-refractivity contribution in [3.8, 4) is 5.75 Å². The van der Waals surface area contributed by atoms with Crippen molar-refractivity contribution in [1.82, 2.24) is 4.90 Å². The highest BCUT2D eigenvalue weighted by atomic mass is 16.3. The van der Waals surface area contributed by atoms with E-state index in [4.69, 9.17) is 10.8 Å². The molecule has 76 valence electrons. The van der Waals surface area contributed by atoms with Gasteiger partial charge in [-0.05, 0) is 24.1 Å². The van der Waals surface area contributed by atoms with E-state index in [1.165, 1.54) is 5.56 Å². The Morgan fingerprint density at radius 3 is 2.64 bits per heavy atom. The summed E-state index contributed by atoms with van der Waals surface area (Å²) in [5, 5.41) is 9.13. The molecule has 1 atom stereocenters. The van der Waals surface area contributed by atoms with E-state index in [0.717, 1.165) is 26.1 Å². The molecule has 1 heterocycles. The highest BCUT2D eigenvalue weighted by molar-refractivity contribution is 5.25. The van der Waals surface area contributed by atoms with Crippen molar-refractivity contribution in [2.75, 3.05) is 13.1 Å². The summed E-state index contributed by atoms with van der Waals surface area (Å²) in [7, 11) is 0. The van der Waals surface area contributed by atoms with Crippen molar-refractivity contribution in [2.45, 2.75) is 19.0 Å². The lowest BCUT2D eigenvalue weighted by Crippen LogP contribution is -2.26. The number of aromatic hydroxyl groups is 1. The molecule has 1 fully saturated rings. The maximum atomic E-state index is 9.13. The van der Waals surface area contributed by atoms with Crippen molar-refractivity contribution >= 4 is 0 Å². The molecule has 3 nitrogen and oxygen atoms in total. The van der Waals surface area contributed by atoms with Crippen LogP contribution in [0.4, 0.5) is 0 Å². The largest absolute Gasteiger partial charge is 0.508 e. The van der Waals surface area contributed by atoms with Crippen LogP contribution >= 0.6 is 0 Å². The standard InChI is InChI=1S/C11H16N2O/c12-10-5-6-13(8-10)7-9-1-3-11(14)4-2-9/h1-4,10,14H,5-8,12H2/t10-/m1/s1. The average Bonchev–Trinajstić information content (AvgIpc) is 2.56. The minimum Gasteiger partial charge on any atom is -0.508 e. The van der Waals surface area contributed by atoms with Crippen LogP contribution in [0.5, 0.6) is 5.75 Å². The number of hydrogen-bond acceptors (Lipinski definition) is 3. The molecule has 1 saturated heterocycles. The SMILES string of the molecule is N[C@@H]1CCN(Cc2ccc(O)cc2)C1. The van der Waals surface area contributed by atoms with Gasteiger partial charge in [0.05, 0.1) is 0 Å². The van der Waals surface area contributed by atoms with E-state index in [1.54, 1.807) is 12.1 Å². The van der Waals surface area contributed by atoms with Crippen LogP contribution in [0, 0.1) is 0 Å². The Balaban J connectivity index is 1.94. The van der Waals surface area contributed by atoms with Gasteiger partial charge in [-0.2, -0.15) is 0 Å². The van der Waals surface area contributed by atoms with Crippen LogP contribution in [0.1, 0.15) is 12.0 Å². The molecule has 1 aliphatic rings. The van der Waals surface area contributed by atoms with Gasteiger partial charge in [-0.25, -0.2) is 0 Å². The Labute approximate surface area is 84.1 Å². The Morgan fingerprint density at radius 1 is 1.36 bits per heavy atom. The van der Waals surface area contributed by atoms with Gasteiger partial charge >= 0.3 is 0 Å². The van der Waals surface area contributed by atoms with Crippen LogP contribution in [0.25, 0.3) is 0 Å². The summed E-state index contributed by atoms with van der Waals surface area (Å²) in [4.78, 5) is 2.34. The van der Waals surface area contributed by atoms with Gasteiger partial charge in [0.2, 0.25) is 0 Å². The van der Waals surface area contributed by atoms with Gasteiger partial charge in [0.25, 0.3) is 0 Å². The third-order valence-corrected chi connectivity index (χ3v) is 2.65. The molecule has 3 heteroatoms. The number of likely N-dealkylation sites (tertiary alicyclic amines) is 1. The zero-order valence-electron chi connectivity index (χ0n) is 8.19. The second-order valence-electron chi connectivity index (χ2n) is 3.95. The van der Waals surface area contributed by atoms with E-state index >= 15 is 0 Å². The summed E-state index contributed by atoms with van der Waals surface area (Å²) < 4.78 is 0. The number of nitrogens with zero attached hydrogens (tertiary/aromatic N) is 1. The molecular formula is C11H16N2O. The molecule has 0 amide bonds. The second kappa shape index (κ2) is 3.98. The Hall–Kier alpha value is -1.06. The number of rotatable bonds is 2. The van der Waals surface area contributed by atoms with E-state index < -0.39 is 0 Å². The van der Waals surface area contributed by atoms with Crippen LogP contribution in [0.3, 0.4) is 0 Å². The summed E-state index contributed by atoms with van der Waals surface area (Å²) in [6.07, 6.45) is 1.10. The highest BCUT2D eigenvalue weighted by Gasteiger charge is 2.18. The van der Waals surface area contributed by atoms with Crippen LogP contribution in [-0.4, -0.2) is 29.1 Å². The normalized spacial score (nSPS) is 22.8. The van der Waals surface area contributed by atoms with E-state index in [1.807, 2.05) is 12.1 Å². The zero-order chi connectivity index (χ0) is 9.97. The molecule has 0 aromatic heterocycles. The van der Waals surface area contributed by atoms with Crippen molar-refractivity contribution in [3.63, 3.8) is 0 Å². The predicted molar refractivity (Wildman–Crippen MR) is 56.0 cm³/mol. The van der Waals surface area contributed by atoms with Gasteiger partial charge in [0.1, 0.15) is 5.75 Å². The van der Waals surface area contributed by atoms with Gasteiger partial charge in [-0.15, -0.1) is 0 Å². The summed E-state index contributed by atoms with van der Waals surface area (Å²) in [6, 6.07) is 7.71. The quantitative estimate of drug-likeness (QED) is 0.732. The molecule has 0 radical (unpaired) electrons. The fourth-order valence-corrected chi connectivity index (χ4v) is 1.87. The van der Waals surface area contributed by atoms with E-state index in [2.05, 4.69) is 4.90 Å². The lowest BCUT2D eigenvalue weighted by atomic mass is 10.2. The summed E-state index contributed by atoms with van der Waals surface area (Å²) in [5.74, 6) is 0.326. The Bertz CT molecular complexity index is 297. The molecule has 1 aromatic rings. The fourth-order valence-electron chi connectivity index (χ4n) is 1.87. The van der Waals surface area contributed by atoms with Crippen LogP contribution in [0.2, 0.25) is 0 Å². The molecule has 1 aliphatic heterocycles. The third kappa shape index (κ3) is 2.25. The van der Waals surface area contributed by atoms with Crippen LogP contribution < -0.4 is 5.73 Å². The van der Waals surface area contributed by atoms with Gasteiger partial charge in [-0.1, -0.05) is 12.1 Å². The first kappa shape index (κ1) is 9.49. The number of phenolic OH excluding ortho intramolecular Hbond substituents is 1. The molecule has 14 heavy (non-hydrogen) atoms. The molecule has 2 rings (SSSR count). The molecule has 0 bridgehead atoms. The maximum Gasteiger partial charge on any atom is 0.115 e. The van der Waals surface area contributed by atoms with Crippen molar-refractivity contribution in [1.29, 1.82) is 0 Å². The molecule has 1 aromatic carbocycles. The molecule has 0 saturated carbocycles. The minimum absolute atomic E-state index is 0.326. The number of hydrogen-bond donors (Lipinski definition) is 2. The van der Waals surface area contributed by atoms with Crippen molar-refractivity contribution in [2.24, 2.45) is 5.73 Å². The zero-order valence-corrected chi connectivity index (χ0v) is 8.19. The molecule has 0 spiro atoms. The first-order valence-electron chi connectivity index (χ1n) is 5.00. The summed E-state index contributed by atoms with van der Waals surface area (Å²) >= 11 is 0. The number of phenols is 1. The molecule has 0 unspecified atom stereocenters. The van der Waals surface area contributed by atoms with Crippen molar-refractivity contribution < 1.29 is 5.11 Å². The summed E-state index contributed by atoms with van der Waals surface area (Å²) in [5.41, 5.74) is 7.05. The highest BCUT2D eigenvalue weighted by Crippen LogP contribution is 2.14. The van der Waals surface area contributed by atoms with E-state index in [-0.39, 0.29) is 0 Å². The Morgan fingerprint density at radius 2 is 2.07 bits per heavy atom. The number of benzene rings is 1. The second-order valence-corrected chi connectivity index (χ2v) is 3.95. The molecule has 0 aliphatic carbocycles. The lowest BCUT2D eigenvalue weighted by molar-refractivity contribution is 0.326. The van der Waals surface area contributed by atoms with Gasteiger partial charge < -0.3 is 10.8 Å². The number of nitrogens with two attached hydrogens (primary N) is 1. The van der Waals surface area contributed by atoms with Gasteiger partial charge in [-0.3, -0.25) is 4.90 Å². The molecule has 3 N–H and O–H groups in total. The fraction of sp³-hybridized carbons (Fsp3) is 0.455. The first-order chi connectivity index (χ1) is 6.74. The van der Waals surface area contributed by atoms with Gasteiger partial charge in [0, 0.05) is 25.7 Å². The monoisotopic (exact) mass is 192 g/mol.